The third-order valence-electron chi connectivity index (χ3n) is 3.66. The number of aromatic nitrogens is 1. The van der Waals surface area contributed by atoms with Gasteiger partial charge in [0.1, 0.15) is 40.1 Å². The van der Waals surface area contributed by atoms with E-state index in [1.807, 2.05) is 0 Å². The van der Waals surface area contributed by atoms with Gasteiger partial charge in [0.25, 0.3) is 5.56 Å². The molecule has 2 aromatic carbocycles. The smallest absolute Gasteiger partial charge is 0.267 e. The van der Waals surface area contributed by atoms with Gasteiger partial charge in [-0.3, -0.25) is 9.36 Å². The number of halogens is 4. The topological polar surface area (TPSA) is 69.6 Å². The van der Waals surface area contributed by atoms with E-state index in [4.69, 9.17) is 10.5 Å². The molecule has 3 rings (SSSR count). The average molecular weight is 401 g/mol. The van der Waals surface area contributed by atoms with Crippen LogP contribution in [0.25, 0.3) is 17.3 Å². The molecule has 0 radical (unpaired) electrons. The lowest BCUT2D eigenvalue weighted by Gasteiger charge is -2.03. The molecule has 1 aromatic heterocycles. The molecule has 4 nitrogen and oxygen atoms in total. The summed E-state index contributed by atoms with van der Waals surface area (Å²) in [4.78, 5) is 12.8. The number of thiazole rings is 1. The molecule has 0 unspecified atom stereocenters. The Balaban J connectivity index is 2.43. The van der Waals surface area contributed by atoms with Crippen molar-refractivity contribution >= 4 is 23.0 Å². The Morgan fingerprint density at radius 1 is 0.964 bits per heavy atom. The molecule has 9 heteroatoms. The van der Waals surface area contributed by atoms with Crippen LogP contribution in [-0.4, -0.2) is 4.57 Å². The van der Waals surface area contributed by atoms with Crippen LogP contribution in [0.5, 0.6) is 0 Å². The van der Waals surface area contributed by atoms with Crippen molar-refractivity contribution < 1.29 is 17.6 Å². The molecule has 1 heterocycles. The first-order chi connectivity index (χ1) is 13.3. The van der Waals surface area contributed by atoms with Crippen LogP contribution in [0.2, 0.25) is 0 Å². The van der Waals surface area contributed by atoms with E-state index < -0.39 is 34.4 Å². The molecule has 0 bridgehead atoms. The van der Waals surface area contributed by atoms with E-state index in [-0.39, 0.29) is 20.4 Å². The highest BCUT2D eigenvalue weighted by atomic mass is 32.1. The van der Waals surface area contributed by atoms with E-state index in [1.165, 1.54) is 0 Å². The summed E-state index contributed by atoms with van der Waals surface area (Å²) in [7, 11) is 0. The number of nitrogens with zero attached hydrogens (tertiary/aromatic N) is 3. The normalized spacial score (nSPS) is 11.1. The third-order valence-corrected chi connectivity index (χ3v) is 4.75. The van der Waals surface area contributed by atoms with Crippen LogP contribution < -0.4 is 14.8 Å². The predicted molar refractivity (Wildman–Crippen MR) is 93.6 cm³/mol. The predicted octanol–water partition coefficient (Wildman–Crippen LogP) is 2.48. The Morgan fingerprint density at radius 3 is 2.14 bits per heavy atom. The second-order valence-corrected chi connectivity index (χ2v) is 6.45. The maximum Gasteiger partial charge on any atom is 0.273 e. The van der Waals surface area contributed by atoms with Crippen LogP contribution in [0, 0.1) is 45.9 Å². The van der Waals surface area contributed by atoms with Crippen molar-refractivity contribution in [2.24, 2.45) is 0 Å². The largest absolute Gasteiger partial charge is 0.273 e. The molecule has 0 saturated carbocycles. The van der Waals surface area contributed by atoms with Crippen LogP contribution >= 0.6 is 11.3 Å². The molecule has 0 N–H and O–H groups in total. The Bertz CT molecular complexity index is 1340. The Kier molecular flexibility index (Phi) is 5.12. The van der Waals surface area contributed by atoms with Crippen molar-refractivity contribution in [2.45, 2.75) is 0 Å². The SMILES string of the molecule is N#CC(C#N)=c1s/c(=C\c2ccc(F)cc2F)c(=O)n1-c1ccc(F)cc1F. The summed E-state index contributed by atoms with van der Waals surface area (Å²) in [6.45, 7) is 0. The van der Waals surface area contributed by atoms with Gasteiger partial charge in [0.2, 0.25) is 0 Å². The molecule has 0 saturated heterocycles. The fourth-order valence-electron chi connectivity index (χ4n) is 2.41. The second kappa shape index (κ2) is 7.51. The lowest BCUT2D eigenvalue weighted by atomic mass is 10.2. The Morgan fingerprint density at radius 2 is 1.57 bits per heavy atom. The van der Waals surface area contributed by atoms with Gasteiger partial charge in [-0.2, -0.15) is 10.5 Å². The zero-order valence-corrected chi connectivity index (χ0v) is 14.5. The zero-order valence-electron chi connectivity index (χ0n) is 13.7. The Hall–Kier alpha value is -3.69. The van der Waals surface area contributed by atoms with Crippen LogP contribution in [0.15, 0.2) is 41.2 Å². The molecular formula is C19H7F4N3OS. The summed E-state index contributed by atoms with van der Waals surface area (Å²) >= 11 is 0.651. The first kappa shape index (κ1) is 19.1. The van der Waals surface area contributed by atoms with Crippen LogP contribution in [0.4, 0.5) is 17.6 Å². The van der Waals surface area contributed by atoms with Crippen LogP contribution in [0.1, 0.15) is 5.56 Å². The van der Waals surface area contributed by atoms with Crippen molar-refractivity contribution in [3.8, 4) is 17.8 Å². The summed E-state index contributed by atoms with van der Waals surface area (Å²) in [6.07, 6.45) is 1.09. The lowest BCUT2D eigenvalue weighted by molar-refractivity contribution is 0.576. The summed E-state index contributed by atoms with van der Waals surface area (Å²) in [5, 5.41) is 18.3. The van der Waals surface area contributed by atoms with Gasteiger partial charge in [-0.25, -0.2) is 17.6 Å². The first-order valence-corrected chi connectivity index (χ1v) is 8.36. The number of rotatable bonds is 2. The fraction of sp³-hybridized carbons (Fsp3) is 0. The molecule has 0 spiro atoms. The molecule has 0 amide bonds. The minimum atomic E-state index is -1.09. The zero-order chi connectivity index (χ0) is 20.4. The lowest BCUT2D eigenvalue weighted by Crippen LogP contribution is -2.31. The van der Waals surface area contributed by atoms with Gasteiger partial charge in [-0.05, 0) is 30.3 Å². The quantitative estimate of drug-likeness (QED) is 0.620. The van der Waals surface area contributed by atoms with Gasteiger partial charge < -0.3 is 0 Å². The molecule has 138 valence electrons. The van der Waals surface area contributed by atoms with Gasteiger partial charge in [-0.15, -0.1) is 11.3 Å². The van der Waals surface area contributed by atoms with Gasteiger partial charge in [0.15, 0.2) is 5.57 Å². The monoisotopic (exact) mass is 401 g/mol. The highest BCUT2D eigenvalue weighted by molar-refractivity contribution is 7.07. The number of benzene rings is 2. The highest BCUT2D eigenvalue weighted by Gasteiger charge is 2.15. The molecule has 0 aliphatic carbocycles. The van der Waals surface area contributed by atoms with E-state index in [0.29, 0.717) is 23.5 Å². The molecule has 0 aliphatic rings. The van der Waals surface area contributed by atoms with E-state index in [1.54, 1.807) is 12.1 Å². The number of nitriles is 2. The fourth-order valence-corrected chi connectivity index (χ4v) is 3.45. The summed E-state index contributed by atoms with van der Waals surface area (Å²) < 4.78 is 54.8. The minimum Gasteiger partial charge on any atom is -0.267 e. The summed E-state index contributed by atoms with van der Waals surface area (Å²) in [5.74, 6) is -3.71. The average Bonchev–Trinajstić information content (AvgIpc) is 2.95. The van der Waals surface area contributed by atoms with Crippen LogP contribution in [-0.2, 0) is 0 Å². The summed E-state index contributed by atoms with van der Waals surface area (Å²) in [6, 6.07) is 8.37. The maximum absolute atomic E-state index is 14.2. The van der Waals surface area contributed by atoms with Gasteiger partial charge in [0.05, 0.1) is 10.2 Å². The van der Waals surface area contributed by atoms with Gasteiger partial charge in [-0.1, -0.05) is 0 Å². The number of hydrogen-bond acceptors (Lipinski definition) is 4. The molecule has 28 heavy (non-hydrogen) atoms. The Labute approximate surface area is 158 Å². The molecular weight excluding hydrogens is 394 g/mol. The van der Waals surface area contributed by atoms with Crippen LogP contribution in [0.3, 0.4) is 0 Å². The van der Waals surface area contributed by atoms with E-state index >= 15 is 0 Å². The third kappa shape index (κ3) is 3.43. The van der Waals surface area contributed by atoms with E-state index in [2.05, 4.69) is 0 Å². The van der Waals surface area contributed by atoms with Crippen molar-refractivity contribution in [1.82, 2.24) is 4.57 Å². The summed E-state index contributed by atoms with van der Waals surface area (Å²) in [5.41, 5.74) is -1.82. The standard InChI is InChI=1S/C19H7F4N3OS/c20-12-2-1-10(14(22)6-12)5-17-18(27)26(19(28-17)11(8-24)9-25)16-4-3-13(21)7-15(16)23/h1-7H/b17-5-. The molecule has 0 aliphatic heterocycles. The second-order valence-electron chi connectivity index (χ2n) is 5.42. The first-order valence-electron chi connectivity index (χ1n) is 7.54. The van der Waals surface area contributed by atoms with Crippen molar-refractivity contribution in [1.29, 1.82) is 10.5 Å². The maximum atomic E-state index is 14.2. The number of hydrogen-bond donors (Lipinski definition) is 0. The molecule has 0 fully saturated rings. The van der Waals surface area contributed by atoms with Crippen molar-refractivity contribution in [2.75, 3.05) is 0 Å². The molecule has 0 atom stereocenters. The van der Waals surface area contributed by atoms with Crippen molar-refractivity contribution in [3.63, 3.8) is 0 Å². The van der Waals surface area contributed by atoms with Gasteiger partial charge in [0, 0.05) is 17.7 Å². The molecule has 3 aromatic rings. The minimum absolute atomic E-state index is 0.117. The highest BCUT2D eigenvalue weighted by Crippen LogP contribution is 2.13. The van der Waals surface area contributed by atoms with E-state index in [0.717, 1.165) is 34.9 Å². The van der Waals surface area contributed by atoms with Gasteiger partial charge >= 0.3 is 0 Å². The van der Waals surface area contributed by atoms with Crippen molar-refractivity contribution in [3.05, 3.63) is 84.8 Å². The van der Waals surface area contributed by atoms with E-state index in [9.17, 15) is 22.4 Å².